The van der Waals surface area contributed by atoms with Crippen LogP contribution in [0.4, 0.5) is 0 Å². The minimum absolute atomic E-state index is 0.298. The van der Waals surface area contributed by atoms with E-state index in [0.717, 1.165) is 16.5 Å². The summed E-state index contributed by atoms with van der Waals surface area (Å²) in [5, 5.41) is 6.13. The number of aryl methyl sites for hydroxylation is 2. The minimum Gasteiger partial charge on any atom is -0.270 e. The molecule has 1 N–H and O–H groups in total. The summed E-state index contributed by atoms with van der Waals surface area (Å²) in [7, 11) is -3.48. The molecule has 120 valence electrons. The van der Waals surface area contributed by atoms with Gasteiger partial charge in [0.05, 0.1) is 4.90 Å². The lowest BCUT2D eigenvalue weighted by molar-refractivity contribution is 0.546. The molecule has 3 aromatic rings. The largest absolute Gasteiger partial charge is 0.270 e. The summed E-state index contributed by atoms with van der Waals surface area (Å²) in [5.41, 5.74) is 1.07. The van der Waals surface area contributed by atoms with E-state index in [4.69, 9.17) is 0 Å². The maximum absolute atomic E-state index is 12.4. The summed E-state index contributed by atoms with van der Waals surface area (Å²) < 4.78 is 29.3. The number of hydrogen-bond acceptors (Lipinski definition) is 3. The molecule has 6 heteroatoms. The van der Waals surface area contributed by atoms with Gasteiger partial charge in [0.1, 0.15) is 0 Å². The van der Waals surface area contributed by atoms with Crippen molar-refractivity contribution in [1.82, 2.24) is 14.5 Å². The van der Waals surface area contributed by atoms with Crippen LogP contribution in [0.2, 0.25) is 0 Å². The molecule has 0 fully saturated rings. The predicted molar refractivity (Wildman–Crippen MR) is 90.7 cm³/mol. The normalized spacial score (nSPS) is 11.9. The van der Waals surface area contributed by atoms with Crippen LogP contribution < -0.4 is 4.72 Å². The van der Waals surface area contributed by atoms with Gasteiger partial charge in [0.25, 0.3) is 0 Å². The molecule has 0 spiro atoms. The van der Waals surface area contributed by atoms with Crippen molar-refractivity contribution in [3.05, 3.63) is 60.4 Å². The van der Waals surface area contributed by atoms with Crippen molar-refractivity contribution < 1.29 is 8.42 Å². The lowest BCUT2D eigenvalue weighted by Gasteiger charge is -2.08. The van der Waals surface area contributed by atoms with Crippen molar-refractivity contribution >= 4 is 20.8 Å². The van der Waals surface area contributed by atoms with Gasteiger partial charge in [-0.2, -0.15) is 5.10 Å². The van der Waals surface area contributed by atoms with Crippen molar-refractivity contribution in [3.8, 4) is 0 Å². The maximum Gasteiger partial charge on any atom is 0.240 e. The summed E-state index contributed by atoms with van der Waals surface area (Å²) in [4.78, 5) is 0.298. The van der Waals surface area contributed by atoms with E-state index in [1.165, 1.54) is 0 Å². The molecule has 0 saturated carbocycles. The molecule has 0 aliphatic heterocycles. The van der Waals surface area contributed by atoms with Crippen LogP contribution in [0, 0.1) is 6.92 Å². The highest BCUT2D eigenvalue weighted by molar-refractivity contribution is 7.89. The molecular weight excluding hydrogens is 310 g/mol. The zero-order chi connectivity index (χ0) is 16.3. The second-order valence-electron chi connectivity index (χ2n) is 5.46. The Morgan fingerprint density at radius 3 is 2.61 bits per heavy atom. The van der Waals surface area contributed by atoms with E-state index in [2.05, 4.69) is 9.82 Å². The maximum atomic E-state index is 12.4. The van der Waals surface area contributed by atoms with Crippen LogP contribution in [0.5, 0.6) is 0 Å². The van der Waals surface area contributed by atoms with Gasteiger partial charge >= 0.3 is 0 Å². The predicted octanol–water partition coefficient (Wildman–Crippen LogP) is 2.71. The molecule has 2 aromatic carbocycles. The van der Waals surface area contributed by atoms with E-state index in [-0.39, 0.29) is 0 Å². The highest BCUT2D eigenvalue weighted by Gasteiger charge is 2.13. The van der Waals surface area contributed by atoms with Gasteiger partial charge in [-0.15, -0.1) is 0 Å². The topological polar surface area (TPSA) is 64.0 Å². The minimum atomic E-state index is -3.48. The molecule has 0 amide bonds. The third-order valence-electron chi connectivity index (χ3n) is 3.80. The van der Waals surface area contributed by atoms with Gasteiger partial charge in [0, 0.05) is 25.0 Å². The van der Waals surface area contributed by atoms with Gasteiger partial charge in [0.15, 0.2) is 0 Å². The number of sulfonamides is 1. The fourth-order valence-corrected chi connectivity index (χ4v) is 3.60. The Balaban J connectivity index is 1.64. The van der Waals surface area contributed by atoms with E-state index in [1.54, 1.807) is 18.3 Å². The molecule has 1 heterocycles. The van der Waals surface area contributed by atoms with E-state index in [0.29, 0.717) is 24.4 Å². The first-order valence-corrected chi connectivity index (χ1v) is 9.01. The summed E-state index contributed by atoms with van der Waals surface area (Å²) in [6, 6.07) is 14.8. The number of nitrogens with zero attached hydrogens (tertiary/aromatic N) is 2. The highest BCUT2D eigenvalue weighted by atomic mass is 32.2. The van der Waals surface area contributed by atoms with Crippen LogP contribution in [0.1, 0.15) is 12.1 Å². The fourth-order valence-electron chi connectivity index (χ4n) is 2.49. The van der Waals surface area contributed by atoms with Crippen LogP contribution >= 0.6 is 0 Å². The third-order valence-corrected chi connectivity index (χ3v) is 5.26. The second kappa shape index (κ2) is 6.52. The van der Waals surface area contributed by atoms with E-state index < -0.39 is 10.0 Å². The zero-order valence-electron chi connectivity index (χ0n) is 12.9. The lowest BCUT2D eigenvalue weighted by Crippen LogP contribution is -2.25. The first-order valence-electron chi connectivity index (χ1n) is 7.53. The van der Waals surface area contributed by atoms with Crippen LogP contribution in [0.3, 0.4) is 0 Å². The van der Waals surface area contributed by atoms with Gasteiger partial charge in [-0.1, -0.05) is 30.3 Å². The second-order valence-corrected chi connectivity index (χ2v) is 7.22. The van der Waals surface area contributed by atoms with Gasteiger partial charge in [-0.25, -0.2) is 13.1 Å². The highest BCUT2D eigenvalue weighted by Crippen LogP contribution is 2.18. The smallest absolute Gasteiger partial charge is 0.240 e. The third kappa shape index (κ3) is 3.60. The van der Waals surface area contributed by atoms with Crippen molar-refractivity contribution in [1.29, 1.82) is 0 Å². The zero-order valence-corrected chi connectivity index (χ0v) is 13.8. The van der Waals surface area contributed by atoms with E-state index >= 15 is 0 Å². The van der Waals surface area contributed by atoms with Crippen LogP contribution in [-0.2, 0) is 16.6 Å². The number of rotatable bonds is 6. The monoisotopic (exact) mass is 329 g/mol. The molecular formula is C17H19N3O2S. The SMILES string of the molecule is Cc1ccnn1CCCNS(=O)(=O)c1ccc2ccccc2c1. The quantitative estimate of drug-likeness (QED) is 0.707. The number of aromatic nitrogens is 2. The number of benzene rings is 2. The molecule has 0 saturated heterocycles. The Morgan fingerprint density at radius 1 is 1.09 bits per heavy atom. The molecule has 0 atom stereocenters. The Kier molecular flexibility index (Phi) is 4.45. The molecule has 5 nitrogen and oxygen atoms in total. The molecule has 1 aromatic heterocycles. The molecule has 0 radical (unpaired) electrons. The Bertz CT molecular complexity index is 916. The Hall–Kier alpha value is -2.18. The fraction of sp³-hybridized carbons (Fsp3) is 0.235. The van der Waals surface area contributed by atoms with Crippen molar-refractivity contribution in [2.45, 2.75) is 24.8 Å². The standard InChI is InChI=1S/C17H19N3O2S/c1-14-9-11-18-20(14)12-4-10-19-23(21,22)17-8-7-15-5-2-3-6-16(15)13-17/h2-3,5-9,11,13,19H,4,10,12H2,1H3. The lowest BCUT2D eigenvalue weighted by atomic mass is 10.1. The van der Waals surface area contributed by atoms with Crippen LogP contribution in [-0.4, -0.2) is 24.7 Å². The number of hydrogen-bond donors (Lipinski definition) is 1. The molecule has 23 heavy (non-hydrogen) atoms. The summed E-state index contributed by atoms with van der Waals surface area (Å²) in [5.74, 6) is 0. The average molecular weight is 329 g/mol. The molecule has 0 aliphatic rings. The summed E-state index contributed by atoms with van der Waals surface area (Å²) in [6.07, 6.45) is 2.43. The first kappa shape index (κ1) is 15.7. The van der Waals surface area contributed by atoms with Crippen LogP contribution in [0.25, 0.3) is 10.8 Å². The molecule has 0 aliphatic carbocycles. The first-order chi connectivity index (χ1) is 11.1. The number of nitrogens with one attached hydrogen (secondary N) is 1. The number of fused-ring (bicyclic) bond motifs is 1. The Labute approximate surface area is 136 Å². The Morgan fingerprint density at radius 2 is 1.87 bits per heavy atom. The molecule has 0 unspecified atom stereocenters. The van der Waals surface area contributed by atoms with Gasteiger partial charge in [0.2, 0.25) is 10.0 Å². The van der Waals surface area contributed by atoms with Crippen molar-refractivity contribution in [2.24, 2.45) is 0 Å². The molecule has 3 rings (SSSR count). The summed E-state index contributed by atoms with van der Waals surface area (Å²) in [6.45, 7) is 3.06. The van der Waals surface area contributed by atoms with Crippen molar-refractivity contribution in [2.75, 3.05) is 6.54 Å². The van der Waals surface area contributed by atoms with Gasteiger partial charge in [-0.05, 0) is 42.3 Å². The van der Waals surface area contributed by atoms with Crippen LogP contribution in [0.15, 0.2) is 59.6 Å². The van der Waals surface area contributed by atoms with Gasteiger partial charge < -0.3 is 0 Å². The van der Waals surface area contributed by atoms with E-state index in [1.807, 2.05) is 48.0 Å². The van der Waals surface area contributed by atoms with E-state index in [9.17, 15) is 8.42 Å². The van der Waals surface area contributed by atoms with Gasteiger partial charge in [-0.3, -0.25) is 4.68 Å². The summed E-state index contributed by atoms with van der Waals surface area (Å²) >= 11 is 0. The van der Waals surface area contributed by atoms with Crippen molar-refractivity contribution in [3.63, 3.8) is 0 Å². The average Bonchev–Trinajstić information content (AvgIpc) is 2.96. The molecule has 0 bridgehead atoms.